The first-order chi connectivity index (χ1) is 15.0. The molecule has 1 aromatic carbocycles. The van der Waals surface area contributed by atoms with Crippen LogP contribution in [0, 0.1) is 10.1 Å². The van der Waals surface area contributed by atoms with Crippen LogP contribution in [-0.2, 0) is 14.8 Å². The van der Waals surface area contributed by atoms with E-state index in [1.54, 1.807) is 0 Å². The Hall–Kier alpha value is -1.75. The number of nitrogens with one attached hydrogen (secondary N) is 1. The molecule has 0 unspecified atom stereocenters. The van der Waals surface area contributed by atoms with Crippen LogP contribution in [0.4, 0.5) is 11.4 Å². The van der Waals surface area contributed by atoms with E-state index in [4.69, 9.17) is 4.74 Å². The first-order valence-electron chi connectivity index (χ1n) is 11.3. The number of hydrogen-bond acceptors (Lipinski definition) is 7. The predicted octanol–water partition coefficient (Wildman–Crippen LogP) is 3.07. The van der Waals surface area contributed by atoms with Crippen molar-refractivity contribution in [3.8, 4) is 0 Å². The second-order valence-electron chi connectivity index (χ2n) is 8.20. The summed E-state index contributed by atoms with van der Waals surface area (Å²) in [6.45, 7) is 5.48. The van der Waals surface area contributed by atoms with Crippen molar-refractivity contribution < 1.29 is 18.1 Å². The maximum absolute atomic E-state index is 13.1. The molecule has 1 aromatic rings. The molecule has 9 nitrogen and oxygen atoms in total. The molecule has 2 aliphatic rings. The molecule has 0 saturated carbocycles. The number of non-ortho nitro benzene ring substituents is 1. The van der Waals surface area contributed by atoms with Crippen LogP contribution >= 0.6 is 0 Å². The Morgan fingerprint density at radius 2 is 1.68 bits per heavy atom. The van der Waals surface area contributed by atoms with Crippen LogP contribution < -0.4 is 5.32 Å². The first kappa shape index (κ1) is 23.9. The number of hydrogen-bond donors (Lipinski definition) is 1. The lowest BCUT2D eigenvalue weighted by molar-refractivity contribution is -0.385. The van der Waals surface area contributed by atoms with E-state index in [0.717, 1.165) is 25.3 Å². The van der Waals surface area contributed by atoms with Crippen LogP contribution in [0.1, 0.15) is 44.9 Å². The third-order valence-electron chi connectivity index (χ3n) is 5.93. The lowest BCUT2D eigenvalue weighted by atomic mass is 10.1. The number of likely N-dealkylation sites (tertiary alicyclic amines) is 1. The summed E-state index contributed by atoms with van der Waals surface area (Å²) in [6.07, 6.45) is 8.27. The first-order valence-corrected chi connectivity index (χ1v) is 12.7. The Labute approximate surface area is 184 Å². The Balaban J connectivity index is 1.51. The van der Waals surface area contributed by atoms with Gasteiger partial charge in [-0.15, -0.1) is 0 Å². The lowest BCUT2D eigenvalue weighted by Crippen LogP contribution is -2.40. The van der Waals surface area contributed by atoms with Crippen molar-refractivity contribution in [2.45, 2.75) is 49.8 Å². The zero-order valence-electron chi connectivity index (χ0n) is 18.1. The van der Waals surface area contributed by atoms with Gasteiger partial charge < -0.3 is 15.0 Å². The summed E-state index contributed by atoms with van der Waals surface area (Å²) in [6, 6.07) is 4.01. The van der Waals surface area contributed by atoms with E-state index in [1.165, 1.54) is 61.8 Å². The monoisotopic (exact) mass is 454 g/mol. The van der Waals surface area contributed by atoms with E-state index < -0.39 is 14.9 Å². The van der Waals surface area contributed by atoms with Crippen molar-refractivity contribution in [3.63, 3.8) is 0 Å². The second kappa shape index (κ2) is 11.8. The van der Waals surface area contributed by atoms with Crippen LogP contribution in [-0.4, -0.2) is 75.0 Å². The van der Waals surface area contributed by atoms with Crippen LogP contribution in [0.3, 0.4) is 0 Å². The Morgan fingerprint density at radius 1 is 1.00 bits per heavy atom. The second-order valence-corrected chi connectivity index (χ2v) is 10.1. The molecule has 2 fully saturated rings. The minimum atomic E-state index is -3.83. The summed E-state index contributed by atoms with van der Waals surface area (Å²) in [4.78, 5) is 13.1. The molecule has 2 saturated heterocycles. The van der Waals surface area contributed by atoms with Gasteiger partial charge in [0.05, 0.1) is 23.8 Å². The summed E-state index contributed by atoms with van der Waals surface area (Å²) in [5.41, 5.74) is 0.196. The number of unbranched alkanes of at least 4 members (excludes halogenated alkanes) is 4. The Morgan fingerprint density at radius 3 is 2.39 bits per heavy atom. The van der Waals surface area contributed by atoms with E-state index in [1.807, 2.05) is 0 Å². The van der Waals surface area contributed by atoms with Crippen LogP contribution in [0.5, 0.6) is 0 Å². The number of benzene rings is 1. The van der Waals surface area contributed by atoms with Crippen molar-refractivity contribution in [1.29, 1.82) is 0 Å². The maximum Gasteiger partial charge on any atom is 0.270 e. The molecule has 0 radical (unpaired) electrons. The minimum Gasteiger partial charge on any atom is -0.384 e. The van der Waals surface area contributed by atoms with Gasteiger partial charge in [0.25, 0.3) is 5.69 Å². The summed E-state index contributed by atoms with van der Waals surface area (Å²) < 4.78 is 32.8. The molecule has 174 valence electrons. The fourth-order valence-electron chi connectivity index (χ4n) is 4.13. The highest BCUT2D eigenvalue weighted by atomic mass is 32.2. The molecule has 1 N–H and O–H groups in total. The van der Waals surface area contributed by atoms with Gasteiger partial charge in [-0.25, -0.2) is 8.42 Å². The average molecular weight is 455 g/mol. The van der Waals surface area contributed by atoms with Gasteiger partial charge in [-0.1, -0.05) is 19.3 Å². The van der Waals surface area contributed by atoms with Crippen molar-refractivity contribution in [2.24, 2.45) is 0 Å². The number of nitro groups is 1. The third kappa shape index (κ3) is 6.86. The largest absolute Gasteiger partial charge is 0.384 e. The Kier molecular flexibility index (Phi) is 9.06. The zero-order chi connectivity index (χ0) is 22.1. The quantitative estimate of drug-likeness (QED) is 0.294. The Bertz CT molecular complexity index is 821. The predicted molar refractivity (Wildman–Crippen MR) is 120 cm³/mol. The highest BCUT2D eigenvalue weighted by molar-refractivity contribution is 7.89. The van der Waals surface area contributed by atoms with Crippen molar-refractivity contribution in [3.05, 3.63) is 28.3 Å². The summed E-state index contributed by atoms with van der Waals surface area (Å²) in [5.74, 6) is 0. The molecule has 0 spiro atoms. The number of sulfonamides is 1. The van der Waals surface area contributed by atoms with Crippen LogP contribution in [0.15, 0.2) is 23.1 Å². The number of morpholine rings is 1. The van der Waals surface area contributed by atoms with E-state index >= 15 is 0 Å². The number of ether oxygens (including phenoxy) is 1. The van der Waals surface area contributed by atoms with Gasteiger partial charge >= 0.3 is 0 Å². The van der Waals surface area contributed by atoms with Gasteiger partial charge in [-0.2, -0.15) is 4.31 Å². The third-order valence-corrected chi connectivity index (χ3v) is 7.87. The topological polar surface area (TPSA) is 105 Å². The molecule has 0 aromatic heterocycles. The van der Waals surface area contributed by atoms with Gasteiger partial charge in [-0.3, -0.25) is 10.1 Å². The highest BCUT2D eigenvalue weighted by Gasteiger charge is 2.30. The van der Waals surface area contributed by atoms with Crippen LogP contribution in [0.2, 0.25) is 0 Å². The average Bonchev–Trinajstić information content (AvgIpc) is 3.29. The molecule has 0 atom stereocenters. The summed E-state index contributed by atoms with van der Waals surface area (Å²) in [5, 5.41) is 14.4. The fourth-order valence-corrected chi connectivity index (χ4v) is 5.73. The van der Waals surface area contributed by atoms with E-state index in [0.29, 0.717) is 25.4 Å². The molecule has 0 bridgehead atoms. The van der Waals surface area contributed by atoms with Crippen LogP contribution in [0.25, 0.3) is 0 Å². The molecule has 0 aliphatic carbocycles. The number of nitro benzene ring substituents is 1. The van der Waals surface area contributed by atoms with E-state index in [2.05, 4.69) is 10.2 Å². The van der Waals surface area contributed by atoms with Crippen molar-refractivity contribution in [1.82, 2.24) is 9.21 Å². The summed E-state index contributed by atoms with van der Waals surface area (Å²) >= 11 is 0. The molecule has 10 heteroatoms. The zero-order valence-corrected chi connectivity index (χ0v) is 18.9. The lowest BCUT2D eigenvalue weighted by Gasteiger charge is -2.27. The number of rotatable bonds is 12. The molecule has 0 amide bonds. The number of nitrogens with zero attached hydrogens (tertiary/aromatic N) is 3. The normalized spacial score (nSPS) is 18.3. The SMILES string of the molecule is O=[N+]([O-])c1ccc(NCCCCCCCN2CCCC2)c(S(=O)(=O)N2CCOCC2)c1. The van der Waals surface area contributed by atoms with Gasteiger partial charge in [0.1, 0.15) is 4.90 Å². The van der Waals surface area contributed by atoms with Gasteiger partial charge in [0.15, 0.2) is 0 Å². The standard InChI is InChI=1S/C21H34N4O5S/c26-25(27)19-8-9-20(21(18-19)31(28,29)24-14-16-30-17-15-24)22-10-4-2-1-3-5-11-23-12-6-7-13-23/h8-9,18,22H,1-7,10-17H2. The molecule has 31 heavy (non-hydrogen) atoms. The molecular weight excluding hydrogens is 420 g/mol. The minimum absolute atomic E-state index is 0.0331. The van der Waals surface area contributed by atoms with Gasteiger partial charge in [0.2, 0.25) is 10.0 Å². The molecule has 2 heterocycles. The molecule has 2 aliphatic heterocycles. The van der Waals surface area contributed by atoms with Gasteiger partial charge in [0, 0.05) is 31.8 Å². The van der Waals surface area contributed by atoms with Gasteiger partial charge in [-0.05, 0) is 51.4 Å². The maximum atomic E-state index is 13.1. The van der Waals surface area contributed by atoms with E-state index in [-0.39, 0.29) is 23.7 Å². The fraction of sp³-hybridized carbons (Fsp3) is 0.714. The number of anilines is 1. The van der Waals surface area contributed by atoms with Crippen molar-refractivity contribution >= 4 is 21.4 Å². The molecular formula is C21H34N4O5S. The van der Waals surface area contributed by atoms with E-state index in [9.17, 15) is 18.5 Å². The van der Waals surface area contributed by atoms with Crippen molar-refractivity contribution in [2.75, 3.05) is 57.8 Å². The summed E-state index contributed by atoms with van der Waals surface area (Å²) in [7, 11) is -3.83. The smallest absolute Gasteiger partial charge is 0.270 e. The molecule has 3 rings (SSSR count). The highest BCUT2D eigenvalue weighted by Crippen LogP contribution is 2.29.